The van der Waals surface area contributed by atoms with E-state index >= 15 is 0 Å². The maximum absolute atomic E-state index is 11.3. The minimum Gasteiger partial charge on any atom is -0.229 e. The van der Waals surface area contributed by atoms with Crippen LogP contribution in [-0.2, 0) is 15.6 Å². The van der Waals surface area contributed by atoms with E-state index in [-0.39, 0.29) is 5.75 Å². The molecule has 106 valence electrons. The summed E-state index contributed by atoms with van der Waals surface area (Å²) in [4.78, 5) is 0. The average Bonchev–Trinajstić information content (AvgIpc) is 2.38. The van der Waals surface area contributed by atoms with Crippen LogP contribution in [0.5, 0.6) is 0 Å². The molecule has 0 fully saturated rings. The highest BCUT2D eigenvalue weighted by Crippen LogP contribution is 2.24. The van der Waals surface area contributed by atoms with Crippen molar-refractivity contribution in [1.82, 2.24) is 0 Å². The molecule has 2 nitrogen and oxygen atoms in total. The number of benzene rings is 2. The Morgan fingerprint density at radius 3 is 2.15 bits per heavy atom. The first-order chi connectivity index (χ1) is 9.35. The van der Waals surface area contributed by atoms with Crippen molar-refractivity contribution in [3.8, 4) is 11.1 Å². The lowest BCUT2D eigenvalue weighted by Gasteiger charge is -2.09. The third kappa shape index (κ3) is 3.94. The lowest BCUT2D eigenvalue weighted by molar-refractivity contribution is 0.601. The highest BCUT2D eigenvalue weighted by Gasteiger charge is 2.06. The van der Waals surface area contributed by atoms with E-state index in [0.29, 0.717) is 5.92 Å². The Morgan fingerprint density at radius 1 is 0.950 bits per heavy atom. The lowest BCUT2D eigenvalue weighted by Crippen LogP contribution is -2.00. The molecule has 0 unspecified atom stereocenters. The maximum Gasteiger partial charge on any atom is 0.151 e. The van der Waals surface area contributed by atoms with Crippen LogP contribution in [0.4, 0.5) is 0 Å². The summed E-state index contributed by atoms with van der Waals surface area (Å²) in [6, 6.07) is 16.2. The largest absolute Gasteiger partial charge is 0.229 e. The normalized spacial score (nSPS) is 11.8. The standard InChI is InChI=1S/C17H20O2S/c1-13(2)16-5-4-6-17(11-16)15-9-7-14(8-10-15)12-20(3,18)19/h4-11,13H,12H2,1-3H3. The zero-order chi connectivity index (χ0) is 14.8. The average molecular weight is 288 g/mol. The molecular formula is C17H20O2S. The van der Waals surface area contributed by atoms with Crippen LogP contribution < -0.4 is 0 Å². The molecule has 3 heteroatoms. The van der Waals surface area contributed by atoms with E-state index in [0.717, 1.165) is 11.1 Å². The van der Waals surface area contributed by atoms with Gasteiger partial charge in [-0.3, -0.25) is 0 Å². The van der Waals surface area contributed by atoms with Gasteiger partial charge < -0.3 is 0 Å². The summed E-state index contributed by atoms with van der Waals surface area (Å²) in [5, 5.41) is 0. The molecule has 0 aliphatic heterocycles. The fraction of sp³-hybridized carbons (Fsp3) is 0.294. The van der Waals surface area contributed by atoms with E-state index in [2.05, 4.69) is 38.1 Å². The summed E-state index contributed by atoms with van der Waals surface area (Å²) in [6.07, 6.45) is 1.26. The number of rotatable bonds is 4. The summed E-state index contributed by atoms with van der Waals surface area (Å²) in [7, 11) is -2.97. The summed E-state index contributed by atoms with van der Waals surface area (Å²) in [6.45, 7) is 4.35. The van der Waals surface area contributed by atoms with E-state index in [4.69, 9.17) is 0 Å². The zero-order valence-corrected chi connectivity index (χ0v) is 12.9. The van der Waals surface area contributed by atoms with Gasteiger partial charge in [-0.1, -0.05) is 62.4 Å². The number of hydrogen-bond donors (Lipinski definition) is 0. The van der Waals surface area contributed by atoms with Gasteiger partial charge >= 0.3 is 0 Å². The van der Waals surface area contributed by atoms with Gasteiger partial charge in [-0.25, -0.2) is 8.42 Å². The Labute approximate surface area is 121 Å². The Hall–Kier alpha value is -1.61. The first kappa shape index (κ1) is 14.8. The highest BCUT2D eigenvalue weighted by atomic mass is 32.2. The van der Waals surface area contributed by atoms with Crippen molar-refractivity contribution >= 4 is 9.84 Å². The summed E-state index contributed by atoms with van der Waals surface area (Å²) in [5.74, 6) is 0.596. The van der Waals surface area contributed by atoms with Crippen LogP contribution in [0.2, 0.25) is 0 Å². The molecule has 0 aromatic heterocycles. The van der Waals surface area contributed by atoms with Gasteiger partial charge in [0.2, 0.25) is 0 Å². The van der Waals surface area contributed by atoms with Crippen molar-refractivity contribution in [2.75, 3.05) is 6.26 Å². The number of hydrogen-bond acceptors (Lipinski definition) is 2. The zero-order valence-electron chi connectivity index (χ0n) is 12.1. The van der Waals surface area contributed by atoms with E-state index in [1.165, 1.54) is 17.4 Å². The fourth-order valence-electron chi connectivity index (χ4n) is 2.17. The van der Waals surface area contributed by atoms with E-state index in [1.807, 2.05) is 24.3 Å². The van der Waals surface area contributed by atoms with Gasteiger partial charge in [0.15, 0.2) is 9.84 Å². The molecule has 20 heavy (non-hydrogen) atoms. The van der Waals surface area contributed by atoms with Gasteiger partial charge in [0.1, 0.15) is 0 Å². The van der Waals surface area contributed by atoms with Crippen molar-refractivity contribution in [3.05, 3.63) is 59.7 Å². The smallest absolute Gasteiger partial charge is 0.151 e. The Kier molecular flexibility index (Phi) is 4.29. The van der Waals surface area contributed by atoms with Crippen LogP contribution in [0.3, 0.4) is 0 Å². The number of sulfone groups is 1. The molecule has 0 atom stereocenters. The van der Waals surface area contributed by atoms with E-state index in [9.17, 15) is 8.42 Å². The first-order valence-corrected chi connectivity index (χ1v) is 8.78. The van der Waals surface area contributed by atoms with Crippen LogP contribution in [0, 0.1) is 0 Å². The van der Waals surface area contributed by atoms with E-state index < -0.39 is 9.84 Å². The molecule has 2 rings (SSSR count). The van der Waals surface area contributed by atoms with Crippen molar-refractivity contribution in [2.45, 2.75) is 25.5 Å². The van der Waals surface area contributed by atoms with E-state index in [1.54, 1.807) is 0 Å². The first-order valence-electron chi connectivity index (χ1n) is 6.72. The van der Waals surface area contributed by atoms with Crippen LogP contribution in [0.15, 0.2) is 48.5 Å². The molecule has 0 aliphatic carbocycles. The summed E-state index contributed by atoms with van der Waals surface area (Å²) in [5.41, 5.74) is 4.42. The molecule has 0 spiro atoms. The second-order valence-corrected chi connectivity index (χ2v) is 7.69. The quantitative estimate of drug-likeness (QED) is 0.851. The fourth-order valence-corrected chi connectivity index (χ4v) is 2.97. The lowest BCUT2D eigenvalue weighted by atomic mass is 9.97. The SMILES string of the molecule is CC(C)c1cccc(-c2ccc(CS(C)(=O)=O)cc2)c1. The Bertz CT molecular complexity index is 683. The van der Waals surface area contributed by atoms with Gasteiger partial charge in [0.05, 0.1) is 5.75 Å². The van der Waals surface area contributed by atoms with Gasteiger partial charge in [-0.05, 0) is 28.2 Å². The highest BCUT2D eigenvalue weighted by molar-refractivity contribution is 7.89. The van der Waals surface area contributed by atoms with Gasteiger partial charge in [0.25, 0.3) is 0 Å². The molecule has 0 saturated heterocycles. The second-order valence-electron chi connectivity index (χ2n) is 5.55. The third-order valence-corrected chi connectivity index (χ3v) is 4.13. The minimum absolute atomic E-state index is 0.0965. The summed E-state index contributed by atoms with van der Waals surface area (Å²) >= 11 is 0. The van der Waals surface area contributed by atoms with Crippen LogP contribution >= 0.6 is 0 Å². The van der Waals surface area contributed by atoms with Gasteiger partial charge in [-0.2, -0.15) is 0 Å². The molecule has 0 amide bonds. The topological polar surface area (TPSA) is 34.1 Å². The van der Waals surface area contributed by atoms with Crippen molar-refractivity contribution in [2.24, 2.45) is 0 Å². The van der Waals surface area contributed by atoms with Gasteiger partial charge in [0, 0.05) is 6.26 Å². The molecule has 0 aliphatic rings. The van der Waals surface area contributed by atoms with Crippen molar-refractivity contribution in [1.29, 1.82) is 0 Å². The molecular weight excluding hydrogens is 268 g/mol. The predicted molar refractivity (Wildman–Crippen MR) is 84.5 cm³/mol. The third-order valence-electron chi connectivity index (χ3n) is 3.27. The van der Waals surface area contributed by atoms with Gasteiger partial charge in [-0.15, -0.1) is 0 Å². The Morgan fingerprint density at radius 2 is 1.60 bits per heavy atom. The molecule has 2 aromatic rings. The monoisotopic (exact) mass is 288 g/mol. The van der Waals surface area contributed by atoms with Crippen LogP contribution in [0.25, 0.3) is 11.1 Å². The van der Waals surface area contributed by atoms with Crippen molar-refractivity contribution in [3.63, 3.8) is 0 Å². The minimum atomic E-state index is -2.97. The molecule has 0 radical (unpaired) electrons. The second kappa shape index (κ2) is 5.80. The predicted octanol–water partition coefficient (Wildman–Crippen LogP) is 4.02. The molecule has 2 aromatic carbocycles. The van der Waals surface area contributed by atoms with Crippen LogP contribution in [0.1, 0.15) is 30.9 Å². The maximum atomic E-state index is 11.3. The Balaban J connectivity index is 2.28. The van der Waals surface area contributed by atoms with Crippen molar-refractivity contribution < 1.29 is 8.42 Å². The summed E-state index contributed by atoms with van der Waals surface area (Å²) < 4.78 is 22.6. The molecule has 0 heterocycles. The van der Waals surface area contributed by atoms with Crippen LogP contribution in [-0.4, -0.2) is 14.7 Å². The molecule has 0 saturated carbocycles. The molecule has 0 N–H and O–H groups in total. The molecule has 0 bridgehead atoms.